The van der Waals surface area contributed by atoms with Gasteiger partial charge < -0.3 is 14.9 Å². The Morgan fingerprint density at radius 2 is 1.78 bits per heavy atom. The number of halogens is 3. The van der Waals surface area contributed by atoms with Gasteiger partial charge in [-0.05, 0) is 17.7 Å². The summed E-state index contributed by atoms with van der Waals surface area (Å²) in [6.45, 7) is -0.0686. The van der Waals surface area contributed by atoms with Crippen molar-refractivity contribution in [2.75, 3.05) is 6.54 Å². The van der Waals surface area contributed by atoms with Crippen molar-refractivity contribution in [2.24, 2.45) is 0 Å². The quantitative estimate of drug-likeness (QED) is 0.713. The predicted octanol–water partition coefficient (Wildman–Crippen LogP) is 3.22. The van der Waals surface area contributed by atoms with E-state index >= 15 is 0 Å². The van der Waals surface area contributed by atoms with E-state index in [0.29, 0.717) is 5.56 Å². The average molecular weight is 377 g/mol. The first kappa shape index (κ1) is 18.6. The largest absolute Gasteiger partial charge is 0.416 e. The zero-order valence-electron chi connectivity index (χ0n) is 13.8. The van der Waals surface area contributed by atoms with Crippen LogP contribution in [0.1, 0.15) is 27.9 Å². The van der Waals surface area contributed by atoms with Crippen molar-refractivity contribution >= 4 is 5.91 Å². The number of aromatic nitrogens is 2. The summed E-state index contributed by atoms with van der Waals surface area (Å²) in [5, 5.41) is 16.1. The number of amides is 1. The summed E-state index contributed by atoms with van der Waals surface area (Å²) >= 11 is 0. The molecule has 9 heteroatoms. The Labute approximate surface area is 151 Å². The van der Waals surface area contributed by atoms with Crippen LogP contribution in [-0.2, 0) is 6.18 Å². The van der Waals surface area contributed by atoms with E-state index in [9.17, 15) is 23.1 Å². The van der Waals surface area contributed by atoms with E-state index < -0.39 is 23.8 Å². The highest BCUT2D eigenvalue weighted by Crippen LogP contribution is 2.30. The summed E-state index contributed by atoms with van der Waals surface area (Å²) in [4.78, 5) is 15.9. The number of rotatable bonds is 5. The molecular formula is C18H14F3N3O3. The number of aliphatic hydroxyl groups excluding tert-OH is 1. The fraction of sp³-hybridized carbons (Fsp3) is 0.167. The number of nitrogens with one attached hydrogen (secondary N) is 1. The molecule has 0 bridgehead atoms. The first-order chi connectivity index (χ1) is 12.8. The summed E-state index contributed by atoms with van der Waals surface area (Å²) < 4.78 is 42.6. The van der Waals surface area contributed by atoms with E-state index in [0.717, 1.165) is 12.1 Å². The van der Waals surface area contributed by atoms with Crippen molar-refractivity contribution < 1.29 is 27.6 Å². The highest BCUT2D eigenvalue weighted by atomic mass is 19.4. The van der Waals surface area contributed by atoms with Crippen molar-refractivity contribution in [2.45, 2.75) is 12.3 Å². The maximum atomic E-state index is 12.6. The molecule has 27 heavy (non-hydrogen) atoms. The molecule has 3 aromatic rings. The molecule has 0 fully saturated rings. The number of hydrogen-bond acceptors (Lipinski definition) is 5. The normalized spacial score (nSPS) is 12.6. The zero-order chi connectivity index (χ0) is 19.4. The van der Waals surface area contributed by atoms with Gasteiger partial charge in [0.1, 0.15) is 0 Å². The van der Waals surface area contributed by atoms with Crippen LogP contribution >= 0.6 is 0 Å². The third kappa shape index (κ3) is 4.50. The summed E-state index contributed by atoms with van der Waals surface area (Å²) in [5.74, 6) is -1.07. The van der Waals surface area contributed by atoms with Crippen LogP contribution in [0.5, 0.6) is 0 Å². The van der Waals surface area contributed by atoms with Gasteiger partial charge in [-0.1, -0.05) is 47.6 Å². The molecule has 3 rings (SSSR count). The second-order valence-corrected chi connectivity index (χ2v) is 5.63. The van der Waals surface area contributed by atoms with Crippen molar-refractivity contribution in [3.05, 3.63) is 71.6 Å². The van der Waals surface area contributed by atoms with Crippen LogP contribution in [0.3, 0.4) is 0 Å². The maximum Gasteiger partial charge on any atom is 0.416 e. The zero-order valence-corrected chi connectivity index (χ0v) is 13.8. The molecule has 0 saturated carbocycles. The molecule has 0 spiro atoms. The Morgan fingerprint density at radius 1 is 1.11 bits per heavy atom. The number of hydrogen-bond donors (Lipinski definition) is 2. The van der Waals surface area contributed by atoms with Crippen molar-refractivity contribution in [1.82, 2.24) is 15.5 Å². The van der Waals surface area contributed by atoms with Gasteiger partial charge in [0.15, 0.2) is 0 Å². The van der Waals surface area contributed by atoms with Crippen LogP contribution in [0.4, 0.5) is 13.2 Å². The van der Waals surface area contributed by atoms with Crippen LogP contribution in [0.15, 0.2) is 59.1 Å². The second kappa shape index (κ2) is 7.58. The molecule has 1 amide bonds. The molecule has 0 aliphatic heterocycles. The molecule has 0 aliphatic carbocycles. The monoisotopic (exact) mass is 377 g/mol. The fourth-order valence-electron chi connectivity index (χ4n) is 2.30. The molecule has 2 aromatic carbocycles. The van der Waals surface area contributed by atoms with E-state index in [1.54, 1.807) is 30.3 Å². The van der Waals surface area contributed by atoms with Gasteiger partial charge in [0.2, 0.25) is 5.82 Å². The number of aliphatic hydroxyl groups is 1. The first-order valence-corrected chi connectivity index (χ1v) is 7.87. The van der Waals surface area contributed by atoms with Gasteiger partial charge in [-0.15, -0.1) is 0 Å². The fourth-order valence-corrected chi connectivity index (χ4v) is 2.30. The number of nitrogens with zero attached hydrogens (tertiary/aromatic N) is 2. The standard InChI is InChI=1S/C18H14F3N3O3/c19-18(20,21)13-8-6-12(7-9-13)15-23-17(27-24-15)16(26)22-10-14(25)11-4-2-1-3-5-11/h1-9,14,25H,10H2,(H,22,26)/t14-/m0/s1. The molecule has 0 aliphatic rings. The Hall–Kier alpha value is -3.20. The smallest absolute Gasteiger partial charge is 0.387 e. The molecule has 1 aromatic heterocycles. The van der Waals surface area contributed by atoms with E-state index in [-0.39, 0.29) is 23.8 Å². The Bertz CT molecular complexity index is 909. The lowest BCUT2D eigenvalue weighted by atomic mass is 10.1. The number of carbonyl (C=O) groups is 1. The molecule has 6 nitrogen and oxygen atoms in total. The van der Waals surface area contributed by atoms with Crippen molar-refractivity contribution in [3.63, 3.8) is 0 Å². The number of benzene rings is 2. The van der Waals surface area contributed by atoms with Gasteiger partial charge >= 0.3 is 18.0 Å². The molecule has 0 saturated heterocycles. The van der Waals surface area contributed by atoms with Gasteiger partial charge in [0.25, 0.3) is 0 Å². The van der Waals surface area contributed by atoms with Crippen LogP contribution in [0, 0.1) is 0 Å². The molecule has 2 N–H and O–H groups in total. The van der Waals surface area contributed by atoms with E-state index in [1.165, 1.54) is 12.1 Å². The van der Waals surface area contributed by atoms with Crippen molar-refractivity contribution in [3.8, 4) is 11.4 Å². The minimum atomic E-state index is -4.44. The van der Waals surface area contributed by atoms with Gasteiger partial charge in [-0.2, -0.15) is 18.2 Å². The van der Waals surface area contributed by atoms with Crippen LogP contribution < -0.4 is 5.32 Å². The average Bonchev–Trinajstić information content (AvgIpc) is 3.16. The summed E-state index contributed by atoms with van der Waals surface area (Å²) in [7, 11) is 0. The lowest BCUT2D eigenvalue weighted by Gasteiger charge is -2.10. The van der Waals surface area contributed by atoms with E-state index in [1.807, 2.05) is 0 Å². The second-order valence-electron chi connectivity index (χ2n) is 5.63. The highest BCUT2D eigenvalue weighted by molar-refractivity contribution is 5.89. The minimum absolute atomic E-state index is 0.0162. The minimum Gasteiger partial charge on any atom is -0.387 e. The Kier molecular flexibility index (Phi) is 5.22. The molecule has 1 atom stereocenters. The highest BCUT2D eigenvalue weighted by Gasteiger charge is 2.30. The maximum absolute atomic E-state index is 12.6. The molecular weight excluding hydrogens is 363 g/mol. The van der Waals surface area contributed by atoms with Gasteiger partial charge in [0.05, 0.1) is 11.7 Å². The van der Waals surface area contributed by atoms with Crippen LogP contribution in [0.2, 0.25) is 0 Å². The Balaban J connectivity index is 1.64. The third-order valence-electron chi connectivity index (χ3n) is 3.73. The summed E-state index contributed by atoms with van der Waals surface area (Å²) in [6.07, 6.45) is -5.35. The lowest BCUT2D eigenvalue weighted by Crippen LogP contribution is -2.28. The van der Waals surface area contributed by atoms with Crippen LogP contribution in [-0.4, -0.2) is 27.7 Å². The SMILES string of the molecule is O=C(NC[C@H](O)c1ccccc1)c1nc(-c2ccc(C(F)(F)F)cc2)no1. The van der Waals surface area contributed by atoms with Crippen molar-refractivity contribution in [1.29, 1.82) is 0 Å². The number of carbonyl (C=O) groups excluding carboxylic acids is 1. The van der Waals surface area contributed by atoms with Crippen LogP contribution in [0.25, 0.3) is 11.4 Å². The number of alkyl halides is 3. The topological polar surface area (TPSA) is 88.2 Å². The molecule has 0 radical (unpaired) electrons. The molecule has 1 heterocycles. The van der Waals surface area contributed by atoms with Gasteiger partial charge in [0, 0.05) is 12.1 Å². The first-order valence-electron chi connectivity index (χ1n) is 7.87. The lowest BCUT2D eigenvalue weighted by molar-refractivity contribution is -0.137. The molecule has 140 valence electrons. The summed E-state index contributed by atoms with van der Waals surface area (Å²) in [5.41, 5.74) is 0.103. The van der Waals surface area contributed by atoms with Gasteiger partial charge in [-0.3, -0.25) is 4.79 Å². The van der Waals surface area contributed by atoms with Gasteiger partial charge in [-0.25, -0.2) is 0 Å². The van der Waals surface area contributed by atoms with E-state index in [2.05, 4.69) is 15.5 Å². The summed E-state index contributed by atoms with van der Waals surface area (Å²) in [6, 6.07) is 12.9. The Morgan fingerprint density at radius 3 is 2.41 bits per heavy atom. The molecule has 0 unspecified atom stereocenters. The van der Waals surface area contributed by atoms with E-state index in [4.69, 9.17) is 4.52 Å². The predicted molar refractivity (Wildman–Crippen MR) is 88.5 cm³/mol. The third-order valence-corrected chi connectivity index (χ3v) is 3.73.